The summed E-state index contributed by atoms with van der Waals surface area (Å²) in [5.74, 6) is 0. The number of nitrogens with one attached hydrogen (secondary N) is 1. The second kappa shape index (κ2) is 4.27. The molecular formula is C8H13N3S. The van der Waals surface area contributed by atoms with Crippen molar-refractivity contribution in [2.45, 2.75) is 25.3 Å². The van der Waals surface area contributed by atoms with Crippen molar-refractivity contribution in [3.63, 3.8) is 0 Å². The highest BCUT2D eigenvalue weighted by Gasteiger charge is 2.22. The maximum absolute atomic E-state index is 8.35. The van der Waals surface area contributed by atoms with Crippen LogP contribution in [0.2, 0.25) is 0 Å². The zero-order valence-electron chi connectivity index (χ0n) is 7.21. The van der Waals surface area contributed by atoms with Crippen LogP contribution in [0.4, 0.5) is 0 Å². The van der Waals surface area contributed by atoms with Gasteiger partial charge in [-0.1, -0.05) is 0 Å². The fourth-order valence-corrected chi connectivity index (χ4v) is 1.09. The zero-order chi connectivity index (χ0) is 8.97. The Morgan fingerprint density at radius 2 is 2.42 bits per heavy atom. The Morgan fingerprint density at radius 3 is 2.92 bits per heavy atom. The second-order valence-electron chi connectivity index (χ2n) is 3.05. The van der Waals surface area contributed by atoms with Crippen LogP contribution >= 0.6 is 12.2 Å². The van der Waals surface area contributed by atoms with Crippen LogP contribution < -0.4 is 5.32 Å². The molecule has 0 radical (unpaired) electrons. The quantitative estimate of drug-likeness (QED) is 0.659. The van der Waals surface area contributed by atoms with Gasteiger partial charge in [0, 0.05) is 19.6 Å². The van der Waals surface area contributed by atoms with Gasteiger partial charge in [0.15, 0.2) is 5.11 Å². The van der Waals surface area contributed by atoms with Gasteiger partial charge in [0.05, 0.1) is 12.5 Å². The molecule has 0 aromatic heterocycles. The molecule has 0 spiro atoms. The molecule has 0 amide bonds. The fraction of sp³-hybridized carbons (Fsp3) is 0.750. The van der Waals surface area contributed by atoms with Crippen LogP contribution in [0.3, 0.4) is 0 Å². The summed E-state index contributed by atoms with van der Waals surface area (Å²) in [6.45, 7) is 0.717. The molecule has 0 aliphatic heterocycles. The summed E-state index contributed by atoms with van der Waals surface area (Å²) in [6, 6.07) is 2.69. The first-order chi connectivity index (χ1) is 5.74. The molecule has 0 bridgehead atoms. The predicted molar refractivity (Wildman–Crippen MR) is 51.6 cm³/mol. The summed E-state index contributed by atoms with van der Waals surface area (Å²) in [4.78, 5) is 1.91. The molecule has 1 rings (SSSR count). The lowest BCUT2D eigenvalue weighted by Crippen LogP contribution is -2.38. The highest BCUT2D eigenvalue weighted by Crippen LogP contribution is 2.18. The number of nitrogens with zero attached hydrogens (tertiary/aromatic N) is 2. The van der Waals surface area contributed by atoms with Crippen molar-refractivity contribution in [3.8, 4) is 6.07 Å². The highest BCUT2D eigenvalue weighted by molar-refractivity contribution is 7.80. The third-order valence-electron chi connectivity index (χ3n) is 1.81. The van der Waals surface area contributed by atoms with Gasteiger partial charge >= 0.3 is 0 Å². The SMILES string of the molecule is CN(CCC#N)C(=S)NC1CC1. The monoisotopic (exact) mass is 183 g/mol. The standard InChI is InChI=1S/C8H13N3S/c1-11(6-2-5-9)8(12)10-7-3-4-7/h7H,2-4,6H2,1H3,(H,10,12). The van der Waals surface area contributed by atoms with Gasteiger partial charge in [-0.2, -0.15) is 5.26 Å². The van der Waals surface area contributed by atoms with Crippen molar-refractivity contribution < 1.29 is 0 Å². The van der Waals surface area contributed by atoms with E-state index in [1.807, 2.05) is 11.9 Å². The third-order valence-corrected chi connectivity index (χ3v) is 2.24. The molecule has 1 saturated carbocycles. The summed E-state index contributed by atoms with van der Waals surface area (Å²) in [5, 5.41) is 12.3. The molecule has 0 saturated heterocycles. The number of hydrogen-bond donors (Lipinski definition) is 1. The number of nitriles is 1. The molecule has 3 nitrogen and oxygen atoms in total. The first kappa shape index (κ1) is 9.27. The largest absolute Gasteiger partial charge is 0.360 e. The van der Waals surface area contributed by atoms with E-state index < -0.39 is 0 Å². The first-order valence-corrected chi connectivity index (χ1v) is 4.53. The van der Waals surface area contributed by atoms with Gasteiger partial charge in [0.1, 0.15) is 0 Å². The van der Waals surface area contributed by atoms with E-state index in [0.29, 0.717) is 12.5 Å². The minimum Gasteiger partial charge on any atom is -0.360 e. The van der Waals surface area contributed by atoms with Crippen LogP contribution in [0.5, 0.6) is 0 Å². The molecule has 1 fully saturated rings. The van der Waals surface area contributed by atoms with E-state index in [9.17, 15) is 0 Å². The number of hydrogen-bond acceptors (Lipinski definition) is 2. The fourth-order valence-electron chi connectivity index (χ4n) is 0.832. The Balaban J connectivity index is 2.16. The Morgan fingerprint density at radius 1 is 1.75 bits per heavy atom. The minimum atomic E-state index is 0.531. The van der Waals surface area contributed by atoms with Gasteiger partial charge in [-0.3, -0.25) is 0 Å². The maximum atomic E-state index is 8.35. The van der Waals surface area contributed by atoms with Crippen LogP contribution in [0, 0.1) is 11.3 Å². The average Bonchev–Trinajstić information content (AvgIpc) is 2.83. The molecule has 1 aliphatic carbocycles. The second-order valence-corrected chi connectivity index (χ2v) is 3.44. The molecule has 0 unspecified atom stereocenters. The summed E-state index contributed by atoms with van der Waals surface area (Å²) in [7, 11) is 1.91. The van der Waals surface area contributed by atoms with Gasteiger partial charge in [-0.05, 0) is 25.1 Å². The molecule has 0 atom stereocenters. The third kappa shape index (κ3) is 3.05. The summed E-state index contributed by atoms with van der Waals surface area (Å²) in [6.07, 6.45) is 2.99. The van der Waals surface area contributed by atoms with Crippen molar-refractivity contribution in [2.24, 2.45) is 0 Å². The minimum absolute atomic E-state index is 0.531. The van der Waals surface area contributed by atoms with Crippen molar-refractivity contribution in [1.82, 2.24) is 10.2 Å². The highest BCUT2D eigenvalue weighted by atomic mass is 32.1. The van der Waals surface area contributed by atoms with E-state index in [1.54, 1.807) is 0 Å². The Bertz CT molecular complexity index is 205. The average molecular weight is 183 g/mol. The van der Waals surface area contributed by atoms with Crippen LogP contribution in [-0.2, 0) is 0 Å². The topological polar surface area (TPSA) is 39.1 Å². The van der Waals surface area contributed by atoms with Crippen molar-refractivity contribution in [2.75, 3.05) is 13.6 Å². The van der Waals surface area contributed by atoms with E-state index in [-0.39, 0.29) is 0 Å². The number of thiocarbonyl (C=S) groups is 1. The summed E-state index contributed by atoms with van der Waals surface area (Å²) >= 11 is 5.11. The predicted octanol–water partition coefficient (Wildman–Crippen LogP) is 0.869. The summed E-state index contributed by atoms with van der Waals surface area (Å²) < 4.78 is 0. The van der Waals surface area contributed by atoms with Crippen LogP contribution in [0.25, 0.3) is 0 Å². The Kier molecular flexibility index (Phi) is 3.30. The molecule has 0 heterocycles. The summed E-state index contributed by atoms with van der Waals surface area (Å²) in [5.41, 5.74) is 0. The van der Waals surface area contributed by atoms with Crippen LogP contribution in [0.1, 0.15) is 19.3 Å². The Labute approximate surface area is 78.3 Å². The van der Waals surface area contributed by atoms with E-state index in [0.717, 1.165) is 11.7 Å². The molecule has 4 heteroatoms. The van der Waals surface area contributed by atoms with Crippen molar-refractivity contribution >= 4 is 17.3 Å². The lowest BCUT2D eigenvalue weighted by atomic mass is 10.4. The molecule has 66 valence electrons. The maximum Gasteiger partial charge on any atom is 0.168 e. The first-order valence-electron chi connectivity index (χ1n) is 4.12. The van der Waals surface area contributed by atoms with E-state index in [4.69, 9.17) is 17.5 Å². The van der Waals surface area contributed by atoms with Crippen LogP contribution in [-0.4, -0.2) is 29.6 Å². The zero-order valence-corrected chi connectivity index (χ0v) is 8.02. The lowest BCUT2D eigenvalue weighted by molar-refractivity contribution is 0.503. The normalized spacial score (nSPS) is 15.0. The molecule has 0 aromatic rings. The molecule has 0 aromatic carbocycles. The van der Waals surface area contributed by atoms with Crippen molar-refractivity contribution in [1.29, 1.82) is 5.26 Å². The van der Waals surface area contributed by atoms with Gasteiger partial charge in [0.2, 0.25) is 0 Å². The van der Waals surface area contributed by atoms with E-state index >= 15 is 0 Å². The lowest BCUT2D eigenvalue weighted by Gasteiger charge is -2.19. The molecule has 1 N–H and O–H groups in total. The van der Waals surface area contributed by atoms with Gasteiger partial charge in [0.25, 0.3) is 0 Å². The molecule has 1 aliphatic rings. The van der Waals surface area contributed by atoms with Crippen LogP contribution in [0.15, 0.2) is 0 Å². The Hall–Kier alpha value is -0.820. The van der Waals surface area contributed by atoms with Gasteiger partial charge < -0.3 is 10.2 Å². The van der Waals surface area contributed by atoms with Gasteiger partial charge in [-0.25, -0.2) is 0 Å². The molecular weight excluding hydrogens is 170 g/mol. The smallest absolute Gasteiger partial charge is 0.168 e. The molecule has 12 heavy (non-hydrogen) atoms. The number of rotatable bonds is 3. The van der Waals surface area contributed by atoms with Gasteiger partial charge in [-0.15, -0.1) is 0 Å². The van der Waals surface area contributed by atoms with Crippen molar-refractivity contribution in [3.05, 3.63) is 0 Å². The van der Waals surface area contributed by atoms with E-state index in [2.05, 4.69) is 11.4 Å². The van der Waals surface area contributed by atoms with E-state index in [1.165, 1.54) is 12.8 Å².